The largest absolute Gasteiger partial charge is 0.459 e. The van der Waals surface area contributed by atoms with Gasteiger partial charge in [-0.25, -0.2) is 4.79 Å². The Morgan fingerprint density at radius 1 is 1.33 bits per heavy atom. The second-order valence-electron chi connectivity index (χ2n) is 6.25. The molecule has 0 spiro atoms. The summed E-state index contributed by atoms with van der Waals surface area (Å²) in [4.78, 5) is 25.0. The molecule has 3 rings (SSSR count). The minimum atomic E-state index is -0.850. The molecule has 1 aliphatic rings. The van der Waals surface area contributed by atoms with E-state index in [1.54, 1.807) is 38.1 Å². The van der Waals surface area contributed by atoms with Crippen molar-refractivity contribution in [3.8, 4) is 5.75 Å². The zero-order valence-electron chi connectivity index (χ0n) is 14.7. The average Bonchev–Trinajstić information content (AvgIpc) is 2.61. The fraction of sp³-hybridized carbons (Fsp3) is 0.263. The summed E-state index contributed by atoms with van der Waals surface area (Å²) in [5.74, 6) is -1.80. The second kappa shape index (κ2) is 7.46. The Kier molecular flexibility index (Phi) is 5.25. The number of benzene rings is 1. The second-order valence-corrected chi connectivity index (χ2v) is 6.68. The van der Waals surface area contributed by atoms with E-state index >= 15 is 0 Å². The zero-order chi connectivity index (χ0) is 19.7. The molecule has 0 amide bonds. The highest BCUT2D eigenvalue weighted by molar-refractivity contribution is 6.30. The first-order valence-corrected chi connectivity index (χ1v) is 8.61. The lowest BCUT2D eigenvalue weighted by Gasteiger charge is -2.27. The van der Waals surface area contributed by atoms with E-state index in [0.29, 0.717) is 10.6 Å². The van der Waals surface area contributed by atoms with E-state index in [1.165, 1.54) is 0 Å². The summed E-state index contributed by atoms with van der Waals surface area (Å²) in [6.45, 7) is 2.92. The fourth-order valence-electron chi connectivity index (χ4n) is 2.83. The normalized spacial score (nSPS) is 16.1. The monoisotopic (exact) mass is 391 g/mol. The third kappa shape index (κ3) is 3.70. The molecule has 0 fully saturated rings. The summed E-state index contributed by atoms with van der Waals surface area (Å²) >= 11 is 5.96. The van der Waals surface area contributed by atoms with Gasteiger partial charge in [0.1, 0.15) is 17.9 Å². The van der Waals surface area contributed by atoms with Gasteiger partial charge in [0.15, 0.2) is 5.76 Å². The summed E-state index contributed by atoms with van der Waals surface area (Å²) < 4.78 is 16.3. The van der Waals surface area contributed by atoms with Crippen LogP contribution in [0.3, 0.4) is 0 Å². The quantitative estimate of drug-likeness (QED) is 0.769. The maximum absolute atomic E-state index is 12.7. The number of halogens is 1. The van der Waals surface area contributed by atoms with Crippen LogP contribution in [0.15, 0.2) is 51.0 Å². The van der Waals surface area contributed by atoms with Crippen LogP contribution in [0.5, 0.6) is 5.75 Å². The van der Waals surface area contributed by atoms with E-state index in [-0.39, 0.29) is 34.8 Å². The van der Waals surface area contributed by atoms with Crippen LogP contribution < -0.4 is 15.9 Å². The van der Waals surface area contributed by atoms with Gasteiger partial charge in [0.2, 0.25) is 17.1 Å². The first-order chi connectivity index (χ1) is 12.8. The topological polar surface area (TPSA) is 112 Å². The molecule has 142 valence electrons. The van der Waals surface area contributed by atoms with Gasteiger partial charge in [0.25, 0.3) is 0 Å². The first-order valence-electron chi connectivity index (χ1n) is 8.23. The summed E-state index contributed by atoms with van der Waals surface area (Å²) in [6, 6.07) is 7.76. The molecule has 3 N–H and O–H groups in total. The van der Waals surface area contributed by atoms with Crippen molar-refractivity contribution in [2.45, 2.75) is 32.5 Å². The van der Waals surface area contributed by atoms with Gasteiger partial charge in [-0.2, -0.15) is 0 Å². The van der Waals surface area contributed by atoms with Crippen molar-refractivity contribution >= 4 is 17.6 Å². The van der Waals surface area contributed by atoms with Crippen LogP contribution in [0.25, 0.3) is 0 Å². The standard InChI is InChI=1S/C19H18ClNO6/c1-9(2)25-19(24)15-14(10-3-5-11(20)6-4-10)17-16(27-18(15)21)13(23)7-12(8-22)26-17/h3-7,9,14,22H,8,21H2,1-2H3/t14-/m0/s1. The number of rotatable bonds is 4. The Hall–Kier alpha value is -2.77. The average molecular weight is 392 g/mol. The molecule has 0 unspecified atom stereocenters. The van der Waals surface area contributed by atoms with Crippen molar-refractivity contribution in [1.82, 2.24) is 0 Å². The Bertz CT molecular complexity index is 961. The molecule has 2 aromatic rings. The van der Waals surface area contributed by atoms with E-state index in [0.717, 1.165) is 6.07 Å². The third-order valence-corrected chi connectivity index (χ3v) is 4.18. The lowest BCUT2D eigenvalue weighted by molar-refractivity contribution is -0.143. The number of hydrogen-bond donors (Lipinski definition) is 2. The SMILES string of the molecule is CC(C)OC(=O)C1=C(N)Oc2c(oc(CO)cc2=O)[C@H]1c1ccc(Cl)cc1. The van der Waals surface area contributed by atoms with Crippen LogP contribution in [-0.2, 0) is 16.1 Å². The number of esters is 1. The summed E-state index contributed by atoms with van der Waals surface area (Å²) in [7, 11) is 0. The molecule has 0 bridgehead atoms. The van der Waals surface area contributed by atoms with Gasteiger partial charge in [-0.3, -0.25) is 4.79 Å². The molecule has 1 aromatic heterocycles. The Balaban J connectivity index is 2.24. The number of aliphatic hydroxyl groups excluding tert-OH is 1. The molecule has 1 aromatic carbocycles. The van der Waals surface area contributed by atoms with Crippen molar-refractivity contribution < 1.29 is 23.8 Å². The number of nitrogens with two attached hydrogens (primary N) is 1. The molecule has 7 nitrogen and oxygen atoms in total. The lowest BCUT2D eigenvalue weighted by Crippen LogP contribution is -2.31. The van der Waals surface area contributed by atoms with E-state index in [4.69, 9.17) is 31.2 Å². The van der Waals surface area contributed by atoms with Crippen molar-refractivity contribution in [2.24, 2.45) is 5.73 Å². The fourth-order valence-corrected chi connectivity index (χ4v) is 2.95. The van der Waals surface area contributed by atoms with Crippen LogP contribution in [0.4, 0.5) is 0 Å². The van der Waals surface area contributed by atoms with Gasteiger partial charge in [-0.1, -0.05) is 23.7 Å². The third-order valence-electron chi connectivity index (χ3n) is 3.93. The molecular weight excluding hydrogens is 374 g/mol. The molecule has 1 atom stereocenters. The Morgan fingerprint density at radius 3 is 2.59 bits per heavy atom. The molecule has 0 radical (unpaired) electrons. The molecule has 8 heteroatoms. The summed E-state index contributed by atoms with van der Waals surface area (Å²) in [5.41, 5.74) is 6.06. The number of hydrogen-bond acceptors (Lipinski definition) is 7. The van der Waals surface area contributed by atoms with Gasteiger partial charge >= 0.3 is 5.97 Å². The highest BCUT2D eigenvalue weighted by Gasteiger charge is 2.39. The summed E-state index contributed by atoms with van der Waals surface area (Å²) in [6.07, 6.45) is -0.388. The molecule has 0 aliphatic carbocycles. The van der Waals surface area contributed by atoms with Gasteiger partial charge in [0.05, 0.1) is 12.0 Å². The van der Waals surface area contributed by atoms with Gasteiger partial charge in [0, 0.05) is 11.1 Å². The molecule has 1 aliphatic heterocycles. The van der Waals surface area contributed by atoms with Crippen LogP contribution >= 0.6 is 11.6 Å². The highest BCUT2D eigenvalue weighted by atomic mass is 35.5. The van der Waals surface area contributed by atoms with E-state index in [9.17, 15) is 14.7 Å². The maximum atomic E-state index is 12.7. The van der Waals surface area contributed by atoms with E-state index in [1.807, 2.05) is 0 Å². The van der Waals surface area contributed by atoms with E-state index < -0.39 is 23.9 Å². The van der Waals surface area contributed by atoms with Crippen molar-refractivity contribution in [3.05, 3.63) is 74.1 Å². The van der Waals surface area contributed by atoms with Crippen LogP contribution in [0.2, 0.25) is 5.02 Å². The smallest absolute Gasteiger partial charge is 0.340 e. The maximum Gasteiger partial charge on any atom is 0.340 e. The van der Waals surface area contributed by atoms with Crippen molar-refractivity contribution in [1.29, 1.82) is 0 Å². The number of fused-ring (bicyclic) bond motifs is 1. The lowest BCUT2D eigenvalue weighted by atomic mass is 9.86. The Labute approximate surface area is 160 Å². The van der Waals surface area contributed by atoms with Crippen LogP contribution in [0, 0.1) is 0 Å². The predicted molar refractivity (Wildman–Crippen MR) is 97.3 cm³/mol. The summed E-state index contributed by atoms with van der Waals surface area (Å²) in [5, 5.41) is 9.88. The highest BCUT2D eigenvalue weighted by Crippen LogP contribution is 2.42. The first kappa shape index (κ1) is 19.0. The van der Waals surface area contributed by atoms with E-state index in [2.05, 4.69) is 0 Å². The molecular formula is C19H18ClNO6. The predicted octanol–water partition coefficient (Wildman–Crippen LogP) is 2.43. The molecule has 0 saturated heterocycles. The van der Waals surface area contributed by atoms with Gasteiger partial charge in [-0.05, 0) is 31.5 Å². The number of aliphatic hydroxyl groups is 1. The van der Waals surface area contributed by atoms with Crippen molar-refractivity contribution in [3.63, 3.8) is 0 Å². The van der Waals surface area contributed by atoms with Crippen LogP contribution in [-0.4, -0.2) is 17.2 Å². The Morgan fingerprint density at radius 2 is 2.00 bits per heavy atom. The number of carbonyl (C=O) groups is 1. The molecule has 0 saturated carbocycles. The van der Waals surface area contributed by atoms with Crippen LogP contribution in [0.1, 0.15) is 36.8 Å². The van der Waals surface area contributed by atoms with Gasteiger partial charge in [-0.15, -0.1) is 0 Å². The number of ether oxygens (including phenoxy) is 2. The zero-order valence-corrected chi connectivity index (χ0v) is 15.4. The number of carbonyl (C=O) groups excluding carboxylic acids is 1. The minimum absolute atomic E-state index is 0.0109. The van der Waals surface area contributed by atoms with Crippen molar-refractivity contribution in [2.75, 3.05) is 0 Å². The van der Waals surface area contributed by atoms with Gasteiger partial charge < -0.3 is 24.7 Å². The minimum Gasteiger partial charge on any atom is -0.459 e. The molecule has 2 heterocycles. The molecule has 27 heavy (non-hydrogen) atoms.